The lowest BCUT2D eigenvalue weighted by molar-refractivity contribution is 0.312. The van der Waals surface area contributed by atoms with Gasteiger partial charge in [0.15, 0.2) is 0 Å². The van der Waals surface area contributed by atoms with Crippen LogP contribution in [0.5, 0.6) is 0 Å². The number of hydrogen-bond donors (Lipinski definition) is 1. The molecule has 120 valence electrons. The van der Waals surface area contributed by atoms with Gasteiger partial charge in [0.25, 0.3) is 0 Å². The SMILES string of the molecule is CC(C)CN(CCN(C)C)S(=O)(=O)CCCNC1CC1. The summed E-state index contributed by atoms with van der Waals surface area (Å²) in [5, 5.41) is 3.37. The van der Waals surface area contributed by atoms with Crippen LogP contribution in [0.2, 0.25) is 0 Å². The van der Waals surface area contributed by atoms with Gasteiger partial charge >= 0.3 is 0 Å². The number of likely N-dealkylation sites (N-methyl/N-ethyl adjacent to an activating group) is 1. The number of nitrogens with one attached hydrogen (secondary N) is 1. The summed E-state index contributed by atoms with van der Waals surface area (Å²) < 4.78 is 26.5. The third kappa shape index (κ3) is 7.57. The lowest BCUT2D eigenvalue weighted by Crippen LogP contribution is -2.40. The highest BCUT2D eigenvalue weighted by Gasteiger charge is 2.23. The summed E-state index contributed by atoms with van der Waals surface area (Å²) >= 11 is 0. The van der Waals surface area contributed by atoms with Crippen LogP contribution in [-0.4, -0.2) is 69.7 Å². The number of hydrogen-bond acceptors (Lipinski definition) is 4. The Hall–Kier alpha value is -0.170. The van der Waals surface area contributed by atoms with Crippen molar-refractivity contribution in [1.29, 1.82) is 0 Å². The maximum Gasteiger partial charge on any atom is 0.214 e. The minimum Gasteiger partial charge on any atom is -0.314 e. The average Bonchev–Trinajstić information content (AvgIpc) is 3.13. The molecular weight excluding hydrogens is 274 g/mol. The summed E-state index contributed by atoms with van der Waals surface area (Å²) in [4.78, 5) is 2.03. The van der Waals surface area contributed by atoms with Crippen LogP contribution in [0.3, 0.4) is 0 Å². The van der Waals surface area contributed by atoms with E-state index in [4.69, 9.17) is 0 Å². The normalized spacial score (nSPS) is 16.6. The largest absolute Gasteiger partial charge is 0.314 e. The maximum absolute atomic E-state index is 12.4. The molecule has 20 heavy (non-hydrogen) atoms. The van der Waals surface area contributed by atoms with E-state index < -0.39 is 10.0 Å². The van der Waals surface area contributed by atoms with Crippen molar-refractivity contribution in [3.63, 3.8) is 0 Å². The summed E-state index contributed by atoms with van der Waals surface area (Å²) in [6, 6.07) is 0.651. The topological polar surface area (TPSA) is 52.7 Å². The van der Waals surface area contributed by atoms with Crippen molar-refractivity contribution in [3.8, 4) is 0 Å². The molecular formula is C14H31N3O2S. The Balaban J connectivity index is 2.41. The summed E-state index contributed by atoms with van der Waals surface area (Å²) in [6.07, 6.45) is 3.19. The highest BCUT2D eigenvalue weighted by Crippen LogP contribution is 2.18. The van der Waals surface area contributed by atoms with Gasteiger partial charge < -0.3 is 10.2 Å². The monoisotopic (exact) mass is 305 g/mol. The Morgan fingerprint density at radius 3 is 2.35 bits per heavy atom. The zero-order valence-corrected chi connectivity index (χ0v) is 14.2. The van der Waals surface area contributed by atoms with E-state index in [0.717, 1.165) is 13.1 Å². The zero-order chi connectivity index (χ0) is 15.2. The lowest BCUT2D eigenvalue weighted by atomic mass is 10.2. The maximum atomic E-state index is 12.4. The molecule has 0 heterocycles. The molecule has 0 aromatic rings. The fourth-order valence-corrected chi connectivity index (χ4v) is 3.69. The average molecular weight is 305 g/mol. The quantitative estimate of drug-likeness (QED) is 0.578. The van der Waals surface area contributed by atoms with Gasteiger partial charge in [-0.25, -0.2) is 12.7 Å². The molecule has 0 aliphatic heterocycles. The molecule has 0 amide bonds. The second-order valence-electron chi connectivity index (χ2n) is 6.45. The van der Waals surface area contributed by atoms with Gasteiger partial charge in [-0.2, -0.15) is 0 Å². The molecule has 0 unspecified atom stereocenters. The van der Waals surface area contributed by atoms with Crippen molar-refractivity contribution >= 4 is 10.0 Å². The van der Waals surface area contributed by atoms with Gasteiger partial charge in [-0.15, -0.1) is 0 Å². The molecule has 1 N–H and O–H groups in total. The van der Waals surface area contributed by atoms with E-state index in [1.807, 2.05) is 19.0 Å². The molecule has 0 saturated heterocycles. The van der Waals surface area contributed by atoms with E-state index in [1.165, 1.54) is 12.8 Å². The van der Waals surface area contributed by atoms with Crippen LogP contribution in [-0.2, 0) is 10.0 Å². The molecule has 1 saturated carbocycles. The highest BCUT2D eigenvalue weighted by molar-refractivity contribution is 7.89. The van der Waals surface area contributed by atoms with Crippen LogP contribution in [0.15, 0.2) is 0 Å². The Labute approximate surface area is 124 Å². The lowest BCUT2D eigenvalue weighted by Gasteiger charge is -2.25. The van der Waals surface area contributed by atoms with Crippen molar-refractivity contribution in [3.05, 3.63) is 0 Å². The van der Waals surface area contributed by atoms with E-state index in [9.17, 15) is 8.42 Å². The van der Waals surface area contributed by atoms with Gasteiger partial charge in [0.2, 0.25) is 10.0 Å². The zero-order valence-electron chi connectivity index (χ0n) is 13.4. The molecule has 0 atom stereocenters. The Kier molecular flexibility index (Phi) is 7.43. The smallest absolute Gasteiger partial charge is 0.214 e. The molecule has 1 fully saturated rings. The standard InChI is InChI=1S/C14H31N3O2S/c1-13(2)12-17(10-9-16(3)4)20(18,19)11-5-8-15-14-6-7-14/h13-15H,5-12H2,1-4H3. The van der Waals surface area contributed by atoms with Crippen molar-refractivity contribution in [1.82, 2.24) is 14.5 Å². The molecule has 0 bridgehead atoms. The van der Waals surface area contributed by atoms with E-state index >= 15 is 0 Å². The van der Waals surface area contributed by atoms with Gasteiger partial charge in [0, 0.05) is 25.7 Å². The third-order valence-corrected chi connectivity index (χ3v) is 5.27. The first-order valence-corrected chi connectivity index (χ1v) is 9.28. The predicted octanol–water partition coefficient (Wildman–Crippen LogP) is 0.978. The van der Waals surface area contributed by atoms with Crippen molar-refractivity contribution in [2.24, 2.45) is 5.92 Å². The molecule has 1 aliphatic carbocycles. The minimum absolute atomic E-state index is 0.257. The summed E-state index contributed by atoms with van der Waals surface area (Å²) in [7, 11) is 0.820. The van der Waals surface area contributed by atoms with Crippen molar-refractivity contribution in [2.75, 3.05) is 46.0 Å². The Morgan fingerprint density at radius 1 is 1.20 bits per heavy atom. The molecule has 0 aromatic carbocycles. The van der Waals surface area contributed by atoms with Gasteiger partial charge in [0.05, 0.1) is 5.75 Å². The third-order valence-electron chi connectivity index (χ3n) is 3.35. The number of rotatable bonds is 11. The molecule has 0 aromatic heterocycles. The minimum atomic E-state index is -3.12. The van der Waals surface area contributed by atoms with Crippen LogP contribution in [0, 0.1) is 5.92 Å². The number of sulfonamides is 1. The first kappa shape index (κ1) is 17.9. The summed E-state index contributed by atoms with van der Waals surface area (Å²) in [5.41, 5.74) is 0. The van der Waals surface area contributed by atoms with Crippen LogP contribution in [0.4, 0.5) is 0 Å². The molecule has 1 rings (SSSR count). The van der Waals surface area contributed by atoms with E-state index in [2.05, 4.69) is 19.2 Å². The van der Waals surface area contributed by atoms with Gasteiger partial charge in [-0.05, 0) is 45.8 Å². The van der Waals surface area contributed by atoms with E-state index in [-0.39, 0.29) is 5.75 Å². The first-order chi connectivity index (χ1) is 9.31. The Morgan fingerprint density at radius 2 is 1.85 bits per heavy atom. The van der Waals surface area contributed by atoms with Crippen LogP contribution >= 0.6 is 0 Å². The van der Waals surface area contributed by atoms with Crippen molar-refractivity contribution < 1.29 is 8.42 Å². The summed E-state index contributed by atoms with van der Waals surface area (Å²) in [6.45, 7) is 6.91. The van der Waals surface area contributed by atoms with E-state index in [1.54, 1.807) is 4.31 Å². The molecule has 5 nitrogen and oxygen atoms in total. The fourth-order valence-electron chi connectivity index (χ4n) is 2.04. The van der Waals surface area contributed by atoms with Gasteiger partial charge in [-0.3, -0.25) is 0 Å². The molecule has 0 radical (unpaired) electrons. The molecule has 1 aliphatic rings. The van der Waals surface area contributed by atoms with Gasteiger partial charge in [0.1, 0.15) is 0 Å². The second-order valence-corrected chi connectivity index (χ2v) is 8.54. The fraction of sp³-hybridized carbons (Fsp3) is 1.00. The summed E-state index contributed by atoms with van der Waals surface area (Å²) in [5.74, 6) is 0.615. The highest BCUT2D eigenvalue weighted by atomic mass is 32.2. The van der Waals surface area contributed by atoms with Crippen molar-refractivity contribution in [2.45, 2.75) is 39.2 Å². The van der Waals surface area contributed by atoms with Crippen LogP contribution in [0.25, 0.3) is 0 Å². The van der Waals surface area contributed by atoms with Crippen LogP contribution < -0.4 is 5.32 Å². The number of nitrogens with zero attached hydrogens (tertiary/aromatic N) is 2. The molecule has 0 spiro atoms. The van der Waals surface area contributed by atoms with Crippen LogP contribution in [0.1, 0.15) is 33.1 Å². The molecule has 6 heteroatoms. The predicted molar refractivity (Wildman–Crippen MR) is 84.4 cm³/mol. The van der Waals surface area contributed by atoms with Gasteiger partial charge in [-0.1, -0.05) is 13.8 Å². The second kappa shape index (κ2) is 8.32. The van der Waals surface area contributed by atoms with E-state index in [0.29, 0.717) is 31.5 Å². The first-order valence-electron chi connectivity index (χ1n) is 7.67. The Bertz CT molecular complexity index is 365.